The molecule has 2 rings (SSSR count). The summed E-state index contributed by atoms with van der Waals surface area (Å²) in [6, 6.07) is 6.11. The fourth-order valence-electron chi connectivity index (χ4n) is 2.11. The lowest BCUT2D eigenvalue weighted by Gasteiger charge is -2.14. The number of ether oxygens (including phenoxy) is 1. The lowest BCUT2D eigenvalue weighted by atomic mass is 10.1. The first kappa shape index (κ1) is 12.2. The number of carbonyl (C=O) groups is 1. The average Bonchev–Trinajstić information content (AvgIpc) is 2.77. The molecule has 1 aliphatic heterocycles. The van der Waals surface area contributed by atoms with Crippen LogP contribution in [-0.2, 0) is 4.74 Å². The molecule has 0 N–H and O–H groups in total. The molecule has 1 heterocycles. The van der Waals surface area contributed by atoms with Crippen LogP contribution in [0, 0.1) is 5.82 Å². The molecule has 0 saturated carbocycles. The molecule has 1 unspecified atom stereocenters. The minimum absolute atomic E-state index is 0.167. The summed E-state index contributed by atoms with van der Waals surface area (Å²) in [5.74, 6) is -0.611. The van der Waals surface area contributed by atoms with Gasteiger partial charge in [-0.05, 0) is 18.6 Å². The van der Waals surface area contributed by atoms with Crippen molar-refractivity contribution < 1.29 is 13.9 Å². The maximum absolute atomic E-state index is 13.4. The second-order valence-corrected chi connectivity index (χ2v) is 4.28. The quantitative estimate of drug-likeness (QED) is 0.747. The molecule has 0 bridgehead atoms. The van der Waals surface area contributed by atoms with Gasteiger partial charge in [0.1, 0.15) is 5.82 Å². The van der Waals surface area contributed by atoms with Gasteiger partial charge in [0.15, 0.2) is 5.78 Å². The summed E-state index contributed by atoms with van der Waals surface area (Å²) < 4.78 is 18.6. The van der Waals surface area contributed by atoms with E-state index in [0.29, 0.717) is 0 Å². The van der Waals surface area contributed by atoms with Crippen molar-refractivity contribution >= 4 is 5.78 Å². The van der Waals surface area contributed by atoms with E-state index < -0.39 is 5.82 Å². The molecule has 3 nitrogen and oxygen atoms in total. The molecular formula is C13H16FNO2. The Morgan fingerprint density at radius 1 is 1.53 bits per heavy atom. The number of hydrogen-bond donors (Lipinski definition) is 0. The molecule has 0 amide bonds. The highest BCUT2D eigenvalue weighted by Gasteiger charge is 2.24. The van der Waals surface area contributed by atoms with Gasteiger partial charge in [0, 0.05) is 20.2 Å². The fraction of sp³-hybridized carbons (Fsp3) is 0.462. The summed E-state index contributed by atoms with van der Waals surface area (Å²) in [5, 5.41) is 0. The molecule has 1 aromatic carbocycles. The predicted octanol–water partition coefficient (Wildman–Crippen LogP) is 1.73. The zero-order valence-electron chi connectivity index (χ0n) is 9.86. The number of carbonyl (C=O) groups excluding carboxylic acids is 1. The van der Waals surface area contributed by atoms with Crippen molar-refractivity contribution in [2.24, 2.45) is 0 Å². The minimum atomic E-state index is -0.444. The number of nitrogens with zero attached hydrogens (tertiary/aromatic N) is 1. The molecule has 1 saturated heterocycles. The van der Waals surface area contributed by atoms with E-state index in [9.17, 15) is 9.18 Å². The summed E-state index contributed by atoms with van der Waals surface area (Å²) in [4.78, 5) is 13.9. The average molecular weight is 237 g/mol. The molecule has 0 radical (unpaired) electrons. The van der Waals surface area contributed by atoms with Crippen LogP contribution in [0.25, 0.3) is 0 Å². The predicted molar refractivity (Wildman–Crippen MR) is 62.6 cm³/mol. The Kier molecular flexibility index (Phi) is 3.86. The SMILES string of the molecule is COC1CCN(CC(=O)c2ccccc2F)C1. The molecular weight excluding hydrogens is 221 g/mol. The van der Waals surface area contributed by atoms with Crippen LogP contribution in [0.15, 0.2) is 24.3 Å². The Bertz CT molecular complexity index is 408. The van der Waals surface area contributed by atoms with Gasteiger partial charge >= 0.3 is 0 Å². The summed E-state index contributed by atoms with van der Waals surface area (Å²) in [6.45, 7) is 1.84. The van der Waals surface area contributed by atoms with Crippen LogP contribution in [0.5, 0.6) is 0 Å². The Balaban J connectivity index is 1.96. The molecule has 4 heteroatoms. The van der Waals surface area contributed by atoms with Crippen LogP contribution in [0.2, 0.25) is 0 Å². The third kappa shape index (κ3) is 2.90. The molecule has 0 aromatic heterocycles. The van der Waals surface area contributed by atoms with E-state index in [1.807, 2.05) is 4.90 Å². The van der Waals surface area contributed by atoms with Crippen LogP contribution in [0.3, 0.4) is 0 Å². The largest absolute Gasteiger partial charge is 0.380 e. The van der Waals surface area contributed by atoms with E-state index in [1.165, 1.54) is 12.1 Å². The first-order valence-electron chi connectivity index (χ1n) is 5.73. The third-order valence-corrected chi connectivity index (χ3v) is 3.10. The second-order valence-electron chi connectivity index (χ2n) is 4.28. The summed E-state index contributed by atoms with van der Waals surface area (Å²) in [7, 11) is 1.67. The van der Waals surface area contributed by atoms with Crippen molar-refractivity contribution in [2.75, 3.05) is 26.7 Å². The molecule has 1 aromatic rings. The maximum Gasteiger partial charge on any atom is 0.179 e. The van der Waals surface area contributed by atoms with E-state index in [2.05, 4.69) is 0 Å². The van der Waals surface area contributed by atoms with Gasteiger partial charge in [-0.1, -0.05) is 12.1 Å². The Morgan fingerprint density at radius 3 is 2.94 bits per heavy atom. The topological polar surface area (TPSA) is 29.5 Å². The van der Waals surface area contributed by atoms with E-state index >= 15 is 0 Å². The number of ketones is 1. The number of likely N-dealkylation sites (tertiary alicyclic amines) is 1. The van der Waals surface area contributed by atoms with Crippen LogP contribution in [0.1, 0.15) is 16.8 Å². The number of halogens is 1. The van der Waals surface area contributed by atoms with Gasteiger partial charge in [0.2, 0.25) is 0 Å². The van der Waals surface area contributed by atoms with Crippen molar-refractivity contribution in [3.05, 3.63) is 35.6 Å². The monoisotopic (exact) mass is 237 g/mol. The van der Waals surface area contributed by atoms with E-state index in [-0.39, 0.29) is 24.0 Å². The van der Waals surface area contributed by atoms with Crippen LogP contribution in [0.4, 0.5) is 4.39 Å². The molecule has 1 atom stereocenters. The highest BCUT2D eigenvalue weighted by molar-refractivity contribution is 5.97. The zero-order chi connectivity index (χ0) is 12.3. The zero-order valence-corrected chi connectivity index (χ0v) is 9.86. The van der Waals surface area contributed by atoms with Crippen molar-refractivity contribution in [2.45, 2.75) is 12.5 Å². The van der Waals surface area contributed by atoms with Gasteiger partial charge in [-0.3, -0.25) is 9.69 Å². The number of benzene rings is 1. The van der Waals surface area contributed by atoms with Crippen molar-refractivity contribution in [1.82, 2.24) is 4.90 Å². The van der Waals surface area contributed by atoms with E-state index in [4.69, 9.17) is 4.74 Å². The first-order chi connectivity index (χ1) is 8.20. The standard InChI is InChI=1S/C13H16FNO2/c1-17-10-6-7-15(8-10)9-13(16)11-4-2-3-5-12(11)14/h2-5,10H,6-9H2,1H3. The Morgan fingerprint density at radius 2 is 2.29 bits per heavy atom. The third-order valence-electron chi connectivity index (χ3n) is 3.10. The molecule has 17 heavy (non-hydrogen) atoms. The summed E-state index contributed by atoms with van der Waals surface area (Å²) >= 11 is 0. The highest BCUT2D eigenvalue weighted by atomic mass is 19.1. The lowest BCUT2D eigenvalue weighted by Crippen LogP contribution is -2.29. The second kappa shape index (κ2) is 5.38. The van der Waals surface area contributed by atoms with Gasteiger partial charge in [0.25, 0.3) is 0 Å². The van der Waals surface area contributed by atoms with Crippen LogP contribution in [-0.4, -0.2) is 43.5 Å². The van der Waals surface area contributed by atoms with Gasteiger partial charge in [-0.2, -0.15) is 0 Å². The van der Waals surface area contributed by atoms with Crippen molar-refractivity contribution in [1.29, 1.82) is 0 Å². The number of hydrogen-bond acceptors (Lipinski definition) is 3. The van der Waals surface area contributed by atoms with Crippen molar-refractivity contribution in [3.63, 3.8) is 0 Å². The molecule has 0 aliphatic carbocycles. The van der Waals surface area contributed by atoms with Gasteiger partial charge in [-0.15, -0.1) is 0 Å². The van der Waals surface area contributed by atoms with Gasteiger partial charge in [0.05, 0.1) is 18.2 Å². The van der Waals surface area contributed by atoms with E-state index in [0.717, 1.165) is 19.5 Å². The Hall–Kier alpha value is -1.26. The summed E-state index contributed by atoms with van der Waals surface area (Å²) in [5.41, 5.74) is 0.174. The number of methoxy groups -OCH3 is 1. The summed E-state index contributed by atoms with van der Waals surface area (Å²) in [6.07, 6.45) is 1.13. The number of Topliss-reactive ketones (excluding diaryl/α,β-unsaturated/α-hetero) is 1. The van der Waals surface area contributed by atoms with E-state index in [1.54, 1.807) is 19.2 Å². The maximum atomic E-state index is 13.4. The minimum Gasteiger partial charge on any atom is -0.380 e. The normalized spacial score (nSPS) is 20.7. The number of rotatable bonds is 4. The highest BCUT2D eigenvalue weighted by Crippen LogP contribution is 2.14. The first-order valence-corrected chi connectivity index (χ1v) is 5.73. The molecule has 92 valence electrons. The van der Waals surface area contributed by atoms with Gasteiger partial charge in [-0.25, -0.2) is 4.39 Å². The van der Waals surface area contributed by atoms with Crippen molar-refractivity contribution in [3.8, 4) is 0 Å². The van der Waals surface area contributed by atoms with Gasteiger partial charge < -0.3 is 4.74 Å². The smallest absolute Gasteiger partial charge is 0.179 e. The fourth-order valence-corrected chi connectivity index (χ4v) is 2.11. The lowest BCUT2D eigenvalue weighted by molar-refractivity contribution is 0.0895. The molecule has 0 spiro atoms. The Labute approximate surface area is 100 Å². The van der Waals surface area contributed by atoms with Crippen LogP contribution < -0.4 is 0 Å². The molecule has 1 fully saturated rings. The molecule has 1 aliphatic rings. The van der Waals surface area contributed by atoms with Crippen LogP contribution >= 0.6 is 0 Å².